The molecular formula is C16H14FN3O5S. The molecule has 1 amide bonds. The Balaban J connectivity index is 2.03. The SMILES string of the molecule is CCOCCn1c(=NC(=O)c2ccc([N+](=O)[O-])o2)sc2cc(F)ccc21. The van der Waals surface area contributed by atoms with E-state index in [1.165, 1.54) is 18.2 Å². The van der Waals surface area contributed by atoms with E-state index in [1.807, 2.05) is 6.92 Å². The van der Waals surface area contributed by atoms with Crippen LogP contribution >= 0.6 is 11.3 Å². The molecule has 136 valence electrons. The highest BCUT2D eigenvalue weighted by atomic mass is 32.1. The van der Waals surface area contributed by atoms with Crippen molar-refractivity contribution in [1.29, 1.82) is 0 Å². The first-order chi connectivity index (χ1) is 12.5. The van der Waals surface area contributed by atoms with E-state index in [0.29, 0.717) is 34.8 Å². The van der Waals surface area contributed by atoms with E-state index in [4.69, 9.17) is 9.15 Å². The van der Waals surface area contributed by atoms with Crippen molar-refractivity contribution in [1.82, 2.24) is 4.57 Å². The maximum Gasteiger partial charge on any atom is 0.433 e. The Hall–Kier alpha value is -2.85. The van der Waals surface area contributed by atoms with Gasteiger partial charge in [-0.2, -0.15) is 4.99 Å². The van der Waals surface area contributed by atoms with Crippen LogP contribution in [0, 0.1) is 15.9 Å². The minimum Gasteiger partial charge on any atom is -0.395 e. The standard InChI is InChI=1S/C16H14FN3O5S/c1-2-24-8-7-19-11-4-3-10(17)9-13(11)26-16(19)18-15(21)12-5-6-14(25-12)20(22)23/h3-6,9H,2,7-8H2,1H3. The summed E-state index contributed by atoms with van der Waals surface area (Å²) < 4.78 is 26.1. The molecule has 2 aromatic heterocycles. The summed E-state index contributed by atoms with van der Waals surface area (Å²) in [5.41, 5.74) is 0.716. The van der Waals surface area contributed by atoms with Gasteiger partial charge in [-0.3, -0.25) is 14.9 Å². The number of fused-ring (bicyclic) bond motifs is 1. The van der Waals surface area contributed by atoms with Crippen LogP contribution in [0.4, 0.5) is 10.3 Å². The second kappa shape index (κ2) is 7.58. The van der Waals surface area contributed by atoms with Crippen molar-refractivity contribution in [2.45, 2.75) is 13.5 Å². The molecule has 0 fully saturated rings. The Morgan fingerprint density at radius 1 is 1.42 bits per heavy atom. The Kier molecular flexibility index (Phi) is 5.24. The molecule has 0 aliphatic heterocycles. The molecule has 1 aromatic carbocycles. The molecule has 0 bridgehead atoms. The van der Waals surface area contributed by atoms with Crippen molar-refractivity contribution < 1.29 is 23.3 Å². The zero-order valence-electron chi connectivity index (χ0n) is 13.7. The third-order valence-corrected chi connectivity index (χ3v) is 4.53. The van der Waals surface area contributed by atoms with Crippen LogP contribution in [0.5, 0.6) is 0 Å². The molecule has 0 spiro atoms. The lowest BCUT2D eigenvalue weighted by Crippen LogP contribution is -2.19. The summed E-state index contributed by atoms with van der Waals surface area (Å²) in [5, 5.41) is 10.7. The molecule has 0 N–H and O–H groups in total. The van der Waals surface area contributed by atoms with Crippen molar-refractivity contribution in [2.75, 3.05) is 13.2 Å². The minimum absolute atomic E-state index is 0.239. The summed E-state index contributed by atoms with van der Waals surface area (Å²) in [6.07, 6.45) is 0. The van der Waals surface area contributed by atoms with Crippen molar-refractivity contribution >= 4 is 33.3 Å². The fourth-order valence-corrected chi connectivity index (χ4v) is 3.41. The van der Waals surface area contributed by atoms with Crippen LogP contribution in [0.2, 0.25) is 0 Å². The van der Waals surface area contributed by atoms with Crippen molar-refractivity contribution in [3.63, 3.8) is 0 Å². The lowest BCUT2D eigenvalue weighted by Gasteiger charge is -2.05. The number of furan rings is 1. The van der Waals surface area contributed by atoms with Gasteiger partial charge in [0.2, 0.25) is 5.76 Å². The van der Waals surface area contributed by atoms with Crippen LogP contribution in [-0.2, 0) is 11.3 Å². The number of amides is 1. The van der Waals surface area contributed by atoms with Gasteiger partial charge in [0.05, 0.1) is 22.9 Å². The fraction of sp³-hybridized carbons (Fsp3) is 0.250. The number of aromatic nitrogens is 1. The number of nitro groups is 1. The van der Waals surface area contributed by atoms with E-state index in [9.17, 15) is 19.3 Å². The quantitative estimate of drug-likeness (QED) is 0.372. The van der Waals surface area contributed by atoms with Crippen LogP contribution in [-0.4, -0.2) is 28.6 Å². The summed E-state index contributed by atoms with van der Waals surface area (Å²) in [7, 11) is 0. The first-order valence-electron chi connectivity index (χ1n) is 7.69. The molecule has 0 saturated heterocycles. The highest BCUT2D eigenvalue weighted by molar-refractivity contribution is 7.16. The molecule has 0 saturated carbocycles. The predicted octanol–water partition coefficient (Wildman–Crippen LogP) is 3.12. The molecule has 0 atom stereocenters. The molecule has 3 aromatic rings. The van der Waals surface area contributed by atoms with Crippen LogP contribution < -0.4 is 4.80 Å². The van der Waals surface area contributed by atoms with Gasteiger partial charge in [-0.25, -0.2) is 4.39 Å². The third kappa shape index (κ3) is 3.70. The number of carbonyl (C=O) groups is 1. The van der Waals surface area contributed by atoms with Crippen LogP contribution in [0.3, 0.4) is 0 Å². The number of nitrogens with zero attached hydrogens (tertiary/aromatic N) is 3. The molecule has 2 heterocycles. The van der Waals surface area contributed by atoms with Crippen LogP contribution in [0.25, 0.3) is 10.2 Å². The van der Waals surface area contributed by atoms with E-state index < -0.39 is 22.5 Å². The van der Waals surface area contributed by atoms with Gasteiger partial charge in [0.25, 0.3) is 0 Å². The Morgan fingerprint density at radius 3 is 2.92 bits per heavy atom. The first kappa shape index (κ1) is 18.0. The van der Waals surface area contributed by atoms with E-state index in [1.54, 1.807) is 10.6 Å². The number of benzene rings is 1. The first-order valence-corrected chi connectivity index (χ1v) is 8.51. The van der Waals surface area contributed by atoms with Crippen LogP contribution in [0.15, 0.2) is 39.7 Å². The molecule has 8 nitrogen and oxygen atoms in total. The summed E-state index contributed by atoms with van der Waals surface area (Å²) in [6, 6.07) is 6.58. The smallest absolute Gasteiger partial charge is 0.395 e. The second-order valence-corrected chi connectivity index (χ2v) is 6.17. The zero-order valence-corrected chi connectivity index (χ0v) is 14.5. The normalized spacial score (nSPS) is 12.0. The number of hydrogen-bond acceptors (Lipinski definition) is 6. The van der Waals surface area contributed by atoms with E-state index >= 15 is 0 Å². The lowest BCUT2D eigenvalue weighted by molar-refractivity contribution is -0.402. The van der Waals surface area contributed by atoms with Gasteiger partial charge < -0.3 is 13.7 Å². The minimum atomic E-state index is -0.754. The largest absolute Gasteiger partial charge is 0.433 e. The van der Waals surface area contributed by atoms with Crippen molar-refractivity contribution in [2.24, 2.45) is 4.99 Å². The van der Waals surface area contributed by atoms with Gasteiger partial charge in [-0.15, -0.1) is 0 Å². The average Bonchev–Trinajstić information content (AvgIpc) is 3.20. The van der Waals surface area contributed by atoms with Gasteiger partial charge in [0, 0.05) is 13.2 Å². The highest BCUT2D eigenvalue weighted by Crippen LogP contribution is 2.20. The molecule has 0 unspecified atom stereocenters. The zero-order chi connectivity index (χ0) is 18.7. The summed E-state index contributed by atoms with van der Waals surface area (Å²) in [4.78, 5) is 26.5. The summed E-state index contributed by atoms with van der Waals surface area (Å²) >= 11 is 1.14. The molecule has 26 heavy (non-hydrogen) atoms. The van der Waals surface area contributed by atoms with Crippen molar-refractivity contribution in [3.05, 3.63) is 56.8 Å². The van der Waals surface area contributed by atoms with E-state index in [0.717, 1.165) is 17.4 Å². The molecule has 10 heteroatoms. The highest BCUT2D eigenvalue weighted by Gasteiger charge is 2.17. The molecule has 0 radical (unpaired) electrons. The molecular weight excluding hydrogens is 365 g/mol. The molecule has 0 aliphatic carbocycles. The summed E-state index contributed by atoms with van der Waals surface area (Å²) in [6.45, 7) is 3.22. The van der Waals surface area contributed by atoms with E-state index in [-0.39, 0.29) is 5.76 Å². The monoisotopic (exact) mass is 379 g/mol. The maximum atomic E-state index is 13.5. The number of thiazole rings is 1. The average molecular weight is 379 g/mol. The third-order valence-electron chi connectivity index (χ3n) is 3.49. The molecule has 0 aliphatic rings. The van der Waals surface area contributed by atoms with Crippen LogP contribution in [0.1, 0.15) is 17.5 Å². The number of hydrogen-bond donors (Lipinski definition) is 0. The number of rotatable bonds is 6. The van der Waals surface area contributed by atoms with Gasteiger partial charge in [-0.05, 0) is 31.2 Å². The lowest BCUT2D eigenvalue weighted by atomic mass is 10.3. The van der Waals surface area contributed by atoms with Gasteiger partial charge in [-0.1, -0.05) is 11.3 Å². The van der Waals surface area contributed by atoms with Gasteiger partial charge >= 0.3 is 11.8 Å². The summed E-state index contributed by atoms with van der Waals surface area (Å²) in [5.74, 6) is -1.92. The fourth-order valence-electron chi connectivity index (χ4n) is 2.33. The number of carbonyl (C=O) groups excluding carboxylic acids is 1. The van der Waals surface area contributed by atoms with Crippen molar-refractivity contribution in [3.8, 4) is 0 Å². The maximum absolute atomic E-state index is 13.5. The second-order valence-electron chi connectivity index (χ2n) is 5.16. The topological polar surface area (TPSA) is 99.9 Å². The predicted molar refractivity (Wildman–Crippen MR) is 91.5 cm³/mol. The Morgan fingerprint density at radius 2 is 2.23 bits per heavy atom. The number of halogens is 1. The Labute approximate surface area is 150 Å². The molecule has 3 rings (SSSR count). The van der Waals surface area contributed by atoms with Gasteiger partial charge in [0.1, 0.15) is 10.7 Å². The number of ether oxygens (including phenoxy) is 1. The van der Waals surface area contributed by atoms with E-state index in [2.05, 4.69) is 4.99 Å². The van der Waals surface area contributed by atoms with Gasteiger partial charge in [0.15, 0.2) is 4.80 Å². The Bertz CT molecular complexity index is 1040.